The lowest BCUT2D eigenvalue weighted by Gasteiger charge is -2.24. The summed E-state index contributed by atoms with van der Waals surface area (Å²) in [7, 11) is -3.73. The van der Waals surface area contributed by atoms with E-state index in [1.807, 2.05) is 0 Å². The van der Waals surface area contributed by atoms with E-state index in [2.05, 4.69) is 21.2 Å². The van der Waals surface area contributed by atoms with E-state index in [-0.39, 0.29) is 13.2 Å². The summed E-state index contributed by atoms with van der Waals surface area (Å²) in [5.41, 5.74) is 0.346. The van der Waals surface area contributed by atoms with E-state index in [1.54, 1.807) is 38.1 Å². The van der Waals surface area contributed by atoms with Crippen LogP contribution in [0.3, 0.4) is 0 Å². The number of nitroso groups, excluding NO2 is 1. The van der Waals surface area contributed by atoms with E-state index in [1.165, 1.54) is 0 Å². The van der Waals surface area contributed by atoms with Gasteiger partial charge in [-0.25, -0.2) is 4.57 Å². The maximum absolute atomic E-state index is 12.4. The highest BCUT2D eigenvalue weighted by molar-refractivity contribution is 9.10. The lowest BCUT2D eigenvalue weighted by molar-refractivity contribution is 0.217. The highest BCUT2D eigenvalue weighted by atomic mass is 79.9. The van der Waals surface area contributed by atoms with Crippen molar-refractivity contribution in [3.8, 4) is 0 Å². The van der Waals surface area contributed by atoms with Crippen LogP contribution >= 0.6 is 23.7 Å². The summed E-state index contributed by atoms with van der Waals surface area (Å²) in [4.78, 5) is 10.9. The van der Waals surface area contributed by atoms with Gasteiger partial charge in [0, 0.05) is 4.47 Å². The number of benzene rings is 1. The Balaban J connectivity index is 3.09. The summed E-state index contributed by atoms with van der Waals surface area (Å²) in [6.45, 7) is 3.63. The molecule has 0 saturated carbocycles. The van der Waals surface area contributed by atoms with E-state index in [4.69, 9.17) is 9.05 Å². The smallest absolute Gasteiger partial charge is 0.291 e. The summed E-state index contributed by atoms with van der Waals surface area (Å²) in [6, 6.07) is 6.60. The number of rotatable bonds is 7. The van der Waals surface area contributed by atoms with Crippen LogP contribution in [0.1, 0.15) is 13.8 Å². The lowest BCUT2D eigenvalue weighted by atomic mass is 10.3. The fraction of sp³-hybridized carbons (Fsp3) is 0.400. The van der Waals surface area contributed by atoms with Crippen molar-refractivity contribution in [2.75, 3.05) is 18.0 Å². The van der Waals surface area contributed by atoms with Crippen LogP contribution in [0.4, 0.5) is 5.69 Å². The molecule has 0 aromatic heterocycles. The fourth-order valence-corrected chi connectivity index (χ4v) is 3.00. The maximum atomic E-state index is 12.4. The molecule has 0 spiro atoms. The molecular weight excluding hydrogens is 323 g/mol. The minimum absolute atomic E-state index is 0.153. The second-order valence-corrected chi connectivity index (χ2v) is 5.90. The van der Waals surface area contributed by atoms with Gasteiger partial charge in [0.15, 0.2) is 0 Å². The molecule has 0 fully saturated rings. The van der Waals surface area contributed by atoms with Crippen LogP contribution in [0, 0.1) is 4.91 Å². The zero-order valence-corrected chi connectivity index (χ0v) is 12.6. The molecule has 100 valence electrons. The molecule has 1 aromatic carbocycles. The standard InChI is InChI=1S/C10H14BrN2O4P/c1-3-16-18(15,17-4-2)13(12-14)10-7-5-9(11)6-8-10/h5-8H,3-4H2,1-2H3. The van der Waals surface area contributed by atoms with Gasteiger partial charge in [0.1, 0.15) is 0 Å². The molecule has 0 radical (unpaired) electrons. The highest BCUT2D eigenvalue weighted by Crippen LogP contribution is 2.54. The average Bonchev–Trinajstić information content (AvgIpc) is 2.33. The highest BCUT2D eigenvalue weighted by Gasteiger charge is 2.35. The van der Waals surface area contributed by atoms with Crippen molar-refractivity contribution in [1.82, 2.24) is 0 Å². The number of hydrogen-bond acceptors (Lipinski definition) is 5. The first kappa shape index (κ1) is 15.3. The number of nitrogens with zero attached hydrogens (tertiary/aromatic N) is 2. The van der Waals surface area contributed by atoms with Crippen molar-refractivity contribution in [3.05, 3.63) is 33.6 Å². The van der Waals surface area contributed by atoms with Gasteiger partial charge in [-0.3, -0.25) is 9.05 Å². The molecule has 1 rings (SSSR count). The summed E-state index contributed by atoms with van der Waals surface area (Å²) < 4.78 is 24.1. The Morgan fingerprint density at radius 1 is 1.22 bits per heavy atom. The third kappa shape index (κ3) is 3.62. The molecular formula is C10H14BrN2O4P. The van der Waals surface area contributed by atoms with Gasteiger partial charge in [-0.2, -0.15) is 0 Å². The molecule has 6 nitrogen and oxygen atoms in total. The molecule has 0 atom stereocenters. The number of halogens is 1. The maximum Gasteiger partial charge on any atom is 0.458 e. The molecule has 8 heteroatoms. The number of anilines is 1. The zero-order chi connectivity index (χ0) is 13.6. The van der Waals surface area contributed by atoms with Gasteiger partial charge in [0.25, 0.3) is 0 Å². The summed E-state index contributed by atoms with van der Waals surface area (Å²) in [6.07, 6.45) is 0. The Labute approximate surface area is 114 Å². The Morgan fingerprint density at radius 3 is 2.11 bits per heavy atom. The molecule has 0 aliphatic carbocycles. The van der Waals surface area contributed by atoms with Crippen LogP contribution in [0.25, 0.3) is 0 Å². The van der Waals surface area contributed by atoms with Crippen LogP contribution in [-0.2, 0) is 13.6 Å². The summed E-state index contributed by atoms with van der Waals surface area (Å²) in [5.74, 6) is 0. The molecule has 0 unspecified atom stereocenters. The fourth-order valence-electron chi connectivity index (χ4n) is 1.28. The van der Waals surface area contributed by atoms with Crippen molar-refractivity contribution >= 4 is 29.4 Å². The van der Waals surface area contributed by atoms with Crippen LogP contribution in [0.5, 0.6) is 0 Å². The normalized spacial score (nSPS) is 11.3. The topological polar surface area (TPSA) is 68.2 Å². The van der Waals surface area contributed by atoms with E-state index in [0.717, 1.165) is 9.25 Å². The third-order valence-electron chi connectivity index (χ3n) is 1.95. The average molecular weight is 337 g/mol. The quantitative estimate of drug-likeness (QED) is 0.425. The first-order valence-corrected chi connectivity index (χ1v) is 7.64. The Bertz CT molecular complexity index is 430. The molecule has 0 aliphatic rings. The Morgan fingerprint density at radius 2 is 1.72 bits per heavy atom. The SMILES string of the molecule is CCOP(=O)(OCC)N(N=O)c1ccc(Br)cc1. The van der Waals surface area contributed by atoms with Crippen molar-refractivity contribution in [2.24, 2.45) is 5.29 Å². The molecule has 0 heterocycles. The van der Waals surface area contributed by atoms with Gasteiger partial charge in [0.2, 0.25) is 0 Å². The second kappa shape index (κ2) is 6.99. The predicted molar refractivity (Wildman–Crippen MR) is 73.3 cm³/mol. The van der Waals surface area contributed by atoms with Gasteiger partial charge < -0.3 is 0 Å². The van der Waals surface area contributed by atoms with Crippen LogP contribution in [-0.4, -0.2) is 13.2 Å². The molecule has 0 saturated heterocycles. The van der Waals surface area contributed by atoms with Crippen molar-refractivity contribution in [2.45, 2.75) is 13.8 Å². The van der Waals surface area contributed by atoms with Gasteiger partial charge >= 0.3 is 7.75 Å². The third-order valence-corrected chi connectivity index (χ3v) is 4.42. The molecule has 0 N–H and O–H groups in total. The van der Waals surface area contributed by atoms with Crippen LogP contribution < -0.4 is 4.78 Å². The number of hydrogen-bond donors (Lipinski definition) is 0. The lowest BCUT2D eigenvalue weighted by Crippen LogP contribution is -2.16. The first-order valence-electron chi connectivity index (χ1n) is 5.36. The Kier molecular flexibility index (Phi) is 5.95. The zero-order valence-electron chi connectivity index (χ0n) is 10.1. The first-order chi connectivity index (χ1) is 8.57. The largest absolute Gasteiger partial charge is 0.458 e. The van der Waals surface area contributed by atoms with Crippen LogP contribution in [0.2, 0.25) is 0 Å². The minimum Gasteiger partial charge on any atom is -0.291 e. The van der Waals surface area contributed by atoms with E-state index < -0.39 is 7.75 Å². The van der Waals surface area contributed by atoms with Crippen LogP contribution in [0.15, 0.2) is 34.0 Å². The summed E-state index contributed by atoms with van der Waals surface area (Å²) >= 11 is 3.27. The molecule has 0 amide bonds. The molecule has 0 bridgehead atoms. The molecule has 1 aromatic rings. The second-order valence-electron chi connectivity index (χ2n) is 3.15. The van der Waals surface area contributed by atoms with Crippen molar-refractivity contribution in [1.29, 1.82) is 0 Å². The molecule has 0 aliphatic heterocycles. The Hall–Kier alpha value is -0.750. The monoisotopic (exact) mass is 336 g/mol. The van der Waals surface area contributed by atoms with Gasteiger partial charge in [-0.05, 0) is 38.1 Å². The van der Waals surface area contributed by atoms with Gasteiger partial charge in [0.05, 0.1) is 24.2 Å². The molecule has 18 heavy (non-hydrogen) atoms. The predicted octanol–water partition coefficient (Wildman–Crippen LogP) is 4.12. The summed E-state index contributed by atoms with van der Waals surface area (Å²) in [5, 5.41) is 2.75. The van der Waals surface area contributed by atoms with E-state index in [9.17, 15) is 9.47 Å². The van der Waals surface area contributed by atoms with Crippen molar-refractivity contribution < 1.29 is 13.6 Å². The van der Waals surface area contributed by atoms with Gasteiger partial charge in [-0.1, -0.05) is 15.9 Å². The minimum atomic E-state index is -3.73. The van der Waals surface area contributed by atoms with E-state index in [0.29, 0.717) is 5.69 Å². The van der Waals surface area contributed by atoms with Crippen molar-refractivity contribution in [3.63, 3.8) is 0 Å². The van der Waals surface area contributed by atoms with Gasteiger partial charge in [-0.15, -0.1) is 9.69 Å². The van der Waals surface area contributed by atoms with E-state index >= 15 is 0 Å².